The highest BCUT2D eigenvalue weighted by Gasteiger charge is 2.48. The summed E-state index contributed by atoms with van der Waals surface area (Å²) in [6.45, 7) is 0. The van der Waals surface area contributed by atoms with Gasteiger partial charge < -0.3 is 4.90 Å². The molecule has 3 heterocycles. The average molecular weight is 722 g/mol. The summed E-state index contributed by atoms with van der Waals surface area (Å²) >= 11 is 4.16. The molecule has 53 heavy (non-hydrogen) atoms. The van der Waals surface area contributed by atoms with Crippen molar-refractivity contribution in [1.82, 2.24) is 0 Å². The lowest BCUT2D eigenvalue weighted by Gasteiger charge is -2.48. The van der Waals surface area contributed by atoms with E-state index < -0.39 is 0 Å². The van der Waals surface area contributed by atoms with E-state index in [0.29, 0.717) is 35.0 Å². The summed E-state index contributed by atoms with van der Waals surface area (Å²) in [4.78, 5) is 7.07. The molecular weight excluding hydrogens is 679 g/mol. The maximum atomic E-state index is 2.69. The molecule has 6 aliphatic rings. The molecule has 3 aliphatic heterocycles. The molecular formula is C50H43NS2. The van der Waals surface area contributed by atoms with Gasteiger partial charge in [-0.1, -0.05) is 145 Å². The number of hydrogen-bond donors (Lipinski definition) is 0. The van der Waals surface area contributed by atoms with Gasteiger partial charge in [-0.25, -0.2) is 0 Å². The first-order valence-electron chi connectivity index (χ1n) is 19.7. The van der Waals surface area contributed by atoms with E-state index >= 15 is 0 Å². The molecule has 0 bridgehead atoms. The van der Waals surface area contributed by atoms with Crippen molar-refractivity contribution in [2.24, 2.45) is 11.8 Å². The molecule has 11 rings (SSSR count). The lowest BCUT2D eigenvalue weighted by molar-refractivity contribution is 0.363. The molecule has 260 valence electrons. The number of benzene rings is 5. The zero-order valence-corrected chi connectivity index (χ0v) is 31.5. The van der Waals surface area contributed by atoms with E-state index in [9.17, 15) is 0 Å². The van der Waals surface area contributed by atoms with Crippen LogP contribution in [0.4, 0.5) is 11.4 Å². The quantitative estimate of drug-likeness (QED) is 0.170. The van der Waals surface area contributed by atoms with Gasteiger partial charge in [-0.3, -0.25) is 0 Å². The predicted octanol–water partition coefficient (Wildman–Crippen LogP) is 13.6. The fourth-order valence-corrected chi connectivity index (χ4v) is 13.5. The summed E-state index contributed by atoms with van der Waals surface area (Å²) in [5.74, 6) is 2.04. The van der Waals surface area contributed by atoms with Gasteiger partial charge in [-0.05, 0) is 101 Å². The zero-order chi connectivity index (χ0) is 34.9. The molecule has 0 spiro atoms. The summed E-state index contributed by atoms with van der Waals surface area (Å²) in [6, 6.07) is 46.3. The third-order valence-electron chi connectivity index (χ3n) is 12.8. The van der Waals surface area contributed by atoms with Crippen LogP contribution in [0.25, 0.3) is 11.1 Å². The van der Waals surface area contributed by atoms with Crippen LogP contribution in [0.2, 0.25) is 0 Å². The molecule has 7 unspecified atom stereocenters. The van der Waals surface area contributed by atoms with Crippen LogP contribution in [0, 0.1) is 11.8 Å². The van der Waals surface area contributed by atoms with Crippen LogP contribution in [-0.4, -0.2) is 11.3 Å². The fourth-order valence-electron chi connectivity index (χ4n) is 10.7. The van der Waals surface area contributed by atoms with E-state index in [2.05, 4.69) is 174 Å². The Kier molecular flexibility index (Phi) is 7.94. The second-order valence-electron chi connectivity index (χ2n) is 15.6. The second-order valence-corrected chi connectivity index (χ2v) is 18.0. The number of hydrogen-bond acceptors (Lipinski definition) is 3. The lowest BCUT2D eigenvalue weighted by atomic mass is 9.65. The Balaban J connectivity index is 1.05. The van der Waals surface area contributed by atoms with Crippen LogP contribution in [0.3, 0.4) is 0 Å². The van der Waals surface area contributed by atoms with Gasteiger partial charge in [0.25, 0.3) is 0 Å². The minimum Gasteiger partial charge on any atom is -0.333 e. The molecule has 5 aromatic carbocycles. The van der Waals surface area contributed by atoms with Crippen LogP contribution in [0.5, 0.6) is 0 Å². The van der Waals surface area contributed by atoms with Gasteiger partial charge in [0.2, 0.25) is 0 Å². The number of nitrogens with zero attached hydrogens (tertiary/aromatic N) is 1. The SMILES string of the molecule is C1=CC2C(CC1)c1cccc(C3C=CC4C(C3)SC3=CCCC=C3C4C3c4ccccc4Sc4cccc(-c5ccccc5)c43)c1N2c1ccccc1. The summed E-state index contributed by atoms with van der Waals surface area (Å²) in [5, 5.41) is 0.509. The largest absolute Gasteiger partial charge is 0.333 e. The molecule has 0 saturated carbocycles. The van der Waals surface area contributed by atoms with E-state index in [1.54, 1.807) is 16.0 Å². The molecule has 3 aliphatic carbocycles. The number of para-hydroxylation sites is 2. The van der Waals surface area contributed by atoms with Crippen LogP contribution in [0.1, 0.15) is 72.1 Å². The van der Waals surface area contributed by atoms with Crippen molar-refractivity contribution in [2.75, 3.05) is 4.90 Å². The zero-order valence-electron chi connectivity index (χ0n) is 29.9. The summed E-state index contributed by atoms with van der Waals surface area (Å²) in [7, 11) is 0. The van der Waals surface area contributed by atoms with Crippen LogP contribution in [-0.2, 0) is 0 Å². The fraction of sp³-hybridized carbons (Fsp3) is 0.240. The lowest BCUT2D eigenvalue weighted by Crippen LogP contribution is -2.39. The van der Waals surface area contributed by atoms with Crippen LogP contribution >= 0.6 is 23.5 Å². The van der Waals surface area contributed by atoms with Crippen molar-refractivity contribution in [3.05, 3.63) is 191 Å². The maximum Gasteiger partial charge on any atom is 0.0591 e. The number of allylic oxidation sites excluding steroid dienone is 6. The first-order valence-corrected chi connectivity index (χ1v) is 21.4. The Hall–Kier alpha value is -4.44. The molecule has 0 radical (unpaired) electrons. The second kappa shape index (κ2) is 13.1. The Morgan fingerprint density at radius 2 is 1.38 bits per heavy atom. The topological polar surface area (TPSA) is 3.24 Å². The van der Waals surface area contributed by atoms with Gasteiger partial charge in [-0.2, -0.15) is 0 Å². The van der Waals surface area contributed by atoms with Crippen molar-refractivity contribution in [2.45, 2.75) is 70.9 Å². The minimum atomic E-state index is 0.283. The van der Waals surface area contributed by atoms with E-state index in [1.165, 1.54) is 61.8 Å². The third kappa shape index (κ3) is 5.22. The molecule has 1 nitrogen and oxygen atoms in total. The van der Waals surface area contributed by atoms with Crippen molar-refractivity contribution < 1.29 is 0 Å². The van der Waals surface area contributed by atoms with Gasteiger partial charge in [0, 0.05) is 55.0 Å². The number of thioether (sulfide) groups is 1. The number of fused-ring (bicyclic) bond motifs is 7. The Labute approximate surface area is 322 Å². The van der Waals surface area contributed by atoms with Gasteiger partial charge in [0.15, 0.2) is 0 Å². The Bertz CT molecular complexity index is 2330. The third-order valence-corrected chi connectivity index (χ3v) is 15.5. The molecule has 5 aromatic rings. The molecule has 1 saturated heterocycles. The normalized spacial score (nSPS) is 27.7. The Morgan fingerprint density at radius 1 is 0.623 bits per heavy atom. The van der Waals surface area contributed by atoms with Crippen molar-refractivity contribution in [3.8, 4) is 11.1 Å². The first-order chi connectivity index (χ1) is 26.3. The van der Waals surface area contributed by atoms with E-state index in [4.69, 9.17) is 0 Å². The summed E-state index contributed by atoms with van der Waals surface area (Å²) < 4.78 is 0. The molecule has 7 atom stereocenters. The molecule has 3 heteroatoms. The average Bonchev–Trinajstić information content (AvgIpc) is 3.57. The molecule has 0 N–H and O–H groups in total. The standard InChI is InChI=1S/C50H43NS2/c1-3-15-32(16-4-1)35-22-14-28-45-48(35)49(40-21-9-12-27-44(40)52-45)47-39-20-8-11-26-43(39)53-46-31-33(29-30-41(46)47)36-23-13-24-38-37-19-7-10-25-42(37)51(50(36)38)34-17-5-2-6-18-34/h1-6,9-10,12-18,20-30,33,37,41-42,46-47,49H,7-8,11,19,31H2. The van der Waals surface area contributed by atoms with Gasteiger partial charge in [0.05, 0.1) is 6.04 Å². The van der Waals surface area contributed by atoms with Crippen LogP contribution < -0.4 is 4.90 Å². The smallest absolute Gasteiger partial charge is 0.0591 e. The first kappa shape index (κ1) is 32.0. The van der Waals surface area contributed by atoms with Crippen molar-refractivity contribution in [3.63, 3.8) is 0 Å². The maximum absolute atomic E-state index is 2.69. The van der Waals surface area contributed by atoms with E-state index in [1.807, 2.05) is 11.8 Å². The highest BCUT2D eigenvalue weighted by atomic mass is 32.2. The van der Waals surface area contributed by atoms with E-state index in [0.717, 1.165) is 19.3 Å². The molecule has 1 fully saturated rings. The summed E-state index contributed by atoms with van der Waals surface area (Å²) in [6.07, 6.45) is 21.3. The highest BCUT2D eigenvalue weighted by molar-refractivity contribution is 8.04. The monoisotopic (exact) mass is 721 g/mol. The molecule has 0 aromatic heterocycles. The van der Waals surface area contributed by atoms with Gasteiger partial charge in [-0.15, -0.1) is 11.8 Å². The predicted molar refractivity (Wildman–Crippen MR) is 224 cm³/mol. The van der Waals surface area contributed by atoms with Crippen LogP contribution in [0.15, 0.2) is 178 Å². The minimum absolute atomic E-state index is 0.283. The Morgan fingerprint density at radius 3 is 2.28 bits per heavy atom. The summed E-state index contributed by atoms with van der Waals surface area (Å²) in [5.41, 5.74) is 13.2. The van der Waals surface area contributed by atoms with Crippen molar-refractivity contribution >= 4 is 34.9 Å². The van der Waals surface area contributed by atoms with Crippen molar-refractivity contribution in [1.29, 1.82) is 0 Å². The molecule has 0 amide bonds. The number of anilines is 2. The van der Waals surface area contributed by atoms with Gasteiger partial charge in [0.1, 0.15) is 0 Å². The van der Waals surface area contributed by atoms with E-state index in [-0.39, 0.29) is 5.92 Å². The number of rotatable bonds is 4. The van der Waals surface area contributed by atoms with Gasteiger partial charge >= 0.3 is 0 Å². The highest BCUT2D eigenvalue weighted by Crippen LogP contribution is 2.62.